The second kappa shape index (κ2) is 11.1. The van der Waals surface area contributed by atoms with Crippen LogP contribution in [-0.2, 0) is 0 Å². The van der Waals surface area contributed by atoms with Crippen LogP contribution in [0, 0.1) is 5.82 Å². The third kappa shape index (κ3) is 6.10. The number of nitrogens with one attached hydrogen (secondary N) is 1. The zero-order valence-corrected chi connectivity index (χ0v) is 22.9. The van der Waals surface area contributed by atoms with Crippen molar-refractivity contribution in [1.82, 2.24) is 10.2 Å². The lowest BCUT2D eigenvalue weighted by molar-refractivity contribution is 0.148. The van der Waals surface area contributed by atoms with E-state index in [2.05, 4.69) is 41.8 Å². The summed E-state index contributed by atoms with van der Waals surface area (Å²) in [5.74, 6) is 0.492. The van der Waals surface area contributed by atoms with Crippen LogP contribution in [0.3, 0.4) is 0 Å². The summed E-state index contributed by atoms with van der Waals surface area (Å²) in [6.45, 7) is 10.4. The number of halogens is 3. The molecule has 3 aliphatic rings. The van der Waals surface area contributed by atoms with Crippen molar-refractivity contribution in [2.45, 2.75) is 89.1 Å². The van der Waals surface area contributed by atoms with E-state index in [0.29, 0.717) is 17.8 Å². The summed E-state index contributed by atoms with van der Waals surface area (Å²) < 4.78 is 14.1. The number of carbonyl (C=O) groups excluding carboxylic acids is 1. The van der Waals surface area contributed by atoms with E-state index < -0.39 is 13.6 Å². The molecule has 0 bridgehead atoms. The minimum atomic E-state index is -1.24. The number of carbonyl (C=O) groups is 1. The summed E-state index contributed by atoms with van der Waals surface area (Å²) in [7, 11) is -1.24. The molecule has 186 valence electrons. The molecule has 2 amide bonds. The molecule has 2 fully saturated rings. The van der Waals surface area contributed by atoms with E-state index in [4.69, 9.17) is 0 Å². The van der Waals surface area contributed by atoms with Crippen LogP contribution >= 0.6 is 24.8 Å². The molecular formula is C24H39Cl2FN4OSi. The predicted octanol–water partition coefficient (Wildman–Crippen LogP) is 6.03. The number of aliphatic imine (C=N–C) groups is 1. The van der Waals surface area contributed by atoms with E-state index in [0.717, 1.165) is 44.2 Å². The molecule has 2 atom stereocenters. The number of piperidine rings is 1. The Morgan fingerprint density at radius 2 is 1.88 bits per heavy atom. The van der Waals surface area contributed by atoms with Gasteiger partial charge in [-0.05, 0) is 57.0 Å². The molecule has 1 N–H and O–H groups in total. The minimum Gasteiger partial charge on any atom is -0.369 e. The van der Waals surface area contributed by atoms with Crippen molar-refractivity contribution < 1.29 is 9.18 Å². The van der Waals surface area contributed by atoms with Gasteiger partial charge in [-0.1, -0.05) is 45.0 Å². The molecule has 0 aromatic heterocycles. The van der Waals surface area contributed by atoms with E-state index in [1.54, 1.807) is 11.0 Å². The van der Waals surface area contributed by atoms with Crippen molar-refractivity contribution in [3.8, 4) is 0 Å². The average Bonchev–Trinajstić information content (AvgIpc) is 2.95. The molecule has 1 aromatic rings. The molecule has 0 unspecified atom stereocenters. The number of likely N-dealkylation sites (tertiary alicyclic amines) is 1. The first kappa shape index (κ1) is 28.1. The highest BCUT2D eigenvalue weighted by Crippen LogP contribution is 2.41. The number of amidine groups is 1. The molecule has 2 heterocycles. The Labute approximate surface area is 211 Å². The highest BCUT2D eigenvalue weighted by Gasteiger charge is 2.54. The number of nitrogens with zero attached hydrogens (tertiary/aromatic N) is 3. The second-order valence-corrected chi connectivity index (χ2v) is 16.3. The maximum Gasteiger partial charge on any atom is 0.350 e. The van der Waals surface area contributed by atoms with Crippen LogP contribution < -0.4 is 10.2 Å². The number of benzene rings is 1. The number of rotatable bonds is 4. The van der Waals surface area contributed by atoms with Gasteiger partial charge in [-0.15, -0.1) is 24.8 Å². The summed E-state index contributed by atoms with van der Waals surface area (Å²) in [4.78, 5) is 22.1. The van der Waals surface area contributed by atoms with E-state index >= 15 is 0 Å². The monoisotopic (exact) mass is 516 g/mol. The molecule has 1 saturated heterocycles. The van der Waals surface area contributed by atoms with Gasteiger partial charge in [0, 0.05) is 24.3 Å². The Hall–Kier alpha value is -1.15. The van der Waals surface area contributed by atoms with E-state index in [-0.39, 0.29) is 36.7 Å². The maximum absolute atomic E-state index is 14.1. The van der Waals surface area contributed by atoms with Gasteiger partial charge in [0.1, 0.15) is 17.2 Å². The molecule has 33 heavy (non-hydrogen) atoms. The SMILES string of the molecule is C[C@H]1C[C@]2(CCN1C[Si](C)(C)C)C(NC1CCCCC1)=NC(=O)N2c1cccc(F)c1.Cl.Cl. The molecule has 4 rings (SSSR count). The largest absolute Gasteiger partial charge is 0.369 e. The van der Waals surface area contributed by atoms with Gasteiger partial charge in [0.25, 0.3) is 0 Å². The summed E-state index contributed by atoms with van der Waals surface area (Å²) in [6, 6.07) is 6.86. The van der Waals surface area contributed by atoms with Gasteiger partial charge in [0.2, 0.25) is 0 Å². The number of urea groups is 1. The van der Waals surface area contributed by atoms with Crippen LogP contribution in [-0.4, -0.2) is 55.2 Å². The Kier molecular flexibility index (Phi) is 9.41. The van der Waals surface area contributed by atoms with Crippen LogP contribution in [0.4, 0.5) is 14.9 Å². The highest BCUT2D eigenvalue weighted by molar-refractivity contribution is 6.76. The molecule has 2 aliphatic heterocycles. The van der Waals surface area contributed by atoms with Gasteiger partial charge in [0.05, 0.1) is 8.07 Å². The van der Waals surface area contributed by atoms with Crippen molar-refractivity contribution in [3.63, 3.8) is 0 Å². The van der Waals surface area contributed by atoms with E-state index in [1.165, 1.54) is 31.4 Å². The minimum absolute atomic E-state index is 0. The first-order valence-electron chi connectivity index (χ1n) is 11.9. The lowest BCUT2D eigenvalue weighted by atomic mass is 9.80. The van der Waals surface area contributed by atoms with Crippen LogP contribution in [0.25, 0.3) is 0 Å². The quantitative estimate of drug-likeness (QED) is 0.496. The second-order valence-electron chi connectivity index (χ2n) is 10.9. The van der Waals surface area contributed by atoms with E-state index in [1.807, 2.05) is 6.07 Å². The first-order chi connectivity index (χ1) is 14.7. The van der Waals surface area contributed by atoms with Gasteiger partial charge >= 0.3 is 6.03 Å². The number of hydrogen-bond acceptors (Lipinski definition) is 3. The Balaban J connectivity index is 0.00000193. The van der Waals surface area contributed by atoms with Crippen molar-refractivity contribution in [1.29, 1.82) is 0 Å². The fourth-order valence-electron chi connectivity index (χ4n) is 5.65. The summed E-state index contributed by atoms with van der Waals surface area (Å²) in [6.07, 6.45) is 8.77. The average molecular weight is 518 g/mol. The lowest BCUT2D eigenvalue weighted by Gasteiger charge is -2.49. The molecular weight excluding hydrogens is 478 g/mol. The molecule has 5 nitrogen and oxygen atoms in total. The smallest absolute Gasteiger partial charge is 0.350 e. The Bertz CT molecular complexity index is 859. The van der Waals surface area contributed by atoms with E-state index in [9.17, 15) is 9.18 Å². The predicted molar refractivity (Wildman–Crippen MR) is 143 cm³/mol. The number of amides is 2. The summed E-state index contributed by atoms with van der Waals surface area (Å²) in [5.41, 5.74) is 0.0950. The topological polar surface area (TPSA) is 47.9 Å². The molecule has 9 heteroatoms. The summed E-state index contributed by atoms with van der Waals surface area (Å²) >= 11 is 0. The molecule has 0 radical (unpaired) electrons. The van der Waals surface area contributed by atoms with Crippen LogP contribution in [0.1, 0.15) is 51.9 Å². The van der Waals surface area contributed by atoms with Crippen LogP contribution in [0.5, 0.6) is 0 Å². The molecule has 1 aliphatic carbocycles. The first-order valence-corrected chi connectivity index (χ1v) is 15.6. The number of hydrogen-bond donors (Lipinski definition) is 1. The normalized spacial score (nSPS) is 26.6. The lowest BCUT2D eigenvalue weighted by Crippen LogP contribution is -2.64. The van der Waals surface area contributed by atoms with Crippen LogP contribution in [0.15, 0.2) is 29.3 Å². The fraction of sp³-hybridized carbons (Fsp3) is 0.667. The van der Waals surface area contributed by atoms with Gasteiger partial charge in [-0.25, -0.2) is 9.18 Å². The van der Waals surface area contributed by atoms with Crippen molar-refractivity contribution in [2.24, 2.45) is 4.99 Å². The van der Waals surface area contributed by atoms with Gasteiger partial charge in [-0.2, -0.15) is 4.99 Å². The van der Waals surface area contributed by atoms with Crippen LogP contribution in [0.2, 0.25) is 19.6 Å². The zero-order valence-electron chi connectivity index (χ0n) is 20.3. The Morgan fingerprint density at radius 1 is 1.18 bits per heavy atom. The van der Waals surface area contributed by atoms with Crippen molar-refractivity contribution >= 4 is 50.4 Å². The molecule has 1 aromatic carbocycles. The Morgan fingerprint density at radius 3 is 2.48 bits per heavy atom. The van der Waals surface area contributed by atoms with Crippen molar-refractivity contribution in [3.05, 3.63) is 30.1 Å². The zero-order chi connectivity index (χ0) is 22.2. The standard InChI is InChI=1S/C24H37FN4OSi.2ClH/c1-18-16-24(13-14-28(18)17-31(2,3)4)22(26-20-10-6-5-7-11-20)27-23(30)29(24)21-12-8-9-19(25)15-21;;/h8-9,12,15,18,20H,5-7,10-11,13-14,16-17H2,1-4H3,(H,26,27,30);2*1H/t18-,24+;;/m0../s1. The molecule has 1 spiro atoms. The summed E-state index contributed by atoms with van der Waals surface area (Å²) in [5, 5.41) is 3.69. The van der Waals surface area contributed by atoms with Gasteiger partial charge in [0.15, 0.2) is 0 Å². The third-order valence-electron chi connectivity index (χ3n) is 7.03. The molecule has 1 saturated carbocycles. The van der Waals surface area contributed by atoms with Gasteiger partial charge in [-0.3, -0.25) is 4.90 Å². The highest BCUT2D eigenvalue weighted by atomic mass is 35.5. The fourth-order valence-corrected chi connectivity index (χ4v) is 7.34. The maximum atomic E-state index is 14.1. The van der Waals surface area contributed by atoms with Crippen molar-refractivity contribution in [2.75, 3.05) is 17.6 Å². The third-order valence-corrected chi connectivity index (χ3v) is 8.38. The number of anilines is 1. The van der Waals surface area contributed by atoms with Gasteiger partial charge < -0.3 is 10.2 Å².